The van der Waals surface area contributed by atoms with Crippen LogP contribution in [0.3, 0.4) is 0 Å². The molecule has 0 amide bonds. The predicted octanol–water partition coefficient (Wildman–Crippen LogP) is 0.743. The van der Waals surface area contributed by atoms with E-state index < -0.39 is 5.97 Å². The van der Waals surface area contributed by atoms with E-state index in [1.807, 2.05) is 6.92 Å². The number of carboxylic acid groups (broad SMARTS) is 1. The van der Waals surface area contributed by atoms with Crippen LogP contribution in [0.1, 0.15) is 27.2 Å². The number of anilines is 1. The zero-order valence-corrected chi connectivity index (χ0v) is 8.41. The topological polar surface area (TPSA) is 85.4 Å². The minimum absolute atomic E-state index is 0.0978. The Kier molecular flexibility index (Phi) is 2.32. The molecule has 2 heterocycles. The van der Waals surface area contributed by atoms with Gasteiger partial charge in [0.2, 0.25) is 0 Å². The monoisotopic (exact) mass is 208 g/mol. The third-order valence-electron chi connectivity index (χ3n) is 2.60. The Labute approximate surface area is 86.9 Å². The van der Waals surface area contributed by atoms with Crippen molar-refractivity contribution in [2.24, 2.45) is 0 Å². The van der Waals surface area contributed by atoms with Crippen LogP contribution in [-0.2, 0) is 17.8 Å². The zero-order chi connectivity index (χ0) is 11.0. The molecule has 0 aromatic carbocycles. The first kappa shape index (κ1) is 9.92. The fourth-order valence-electron chi connectivity index (χ4n) is 1.88. The van der Waals surface area contributed by atoms with Gasteiger partial charge in [0.05, 0.1) is 13.2 Å². The van der Waals surface area contributed by atoms with E-state index in [2.05, 4.69) is 4.98 Å². The molecule has 0 atom stereocenters. The van der Waals surface area contributed by atoms with E-state index in [1.165, 1.54) is 0 Å². The first-order valence-corrected chi connectivity index (χ1v) is 4.70. The summed E-state index contributed by atoms with van der Waals surface area (Å²) in [5.41, 5.74) is 8.15. The van der Waals surface area contributed by atoms with Crippen molar-refractivity contribution >= 4 is 11.8 Å². The molecule has 0 saturated heterocycles. The van der Waals surface area contributed by atoms with Crippen LogP contribution in [0.15, 0.2) is 0 Å². The van der Waals surface area contributed by atoms with Crippen molar-refractivity contribution in [1.82, 2.24) is 4.98 Å². The number of aryl methyl sites for hydroxylation is 1. The van der Waals surface area contributed by atoms with Crippen molar-refractivity contribution in [2.45, 2.75) is 20.0 Å². The quantitative estimate of drug-likeness (QED) is 0.711. The Morgan fingerprint density at radius 2 is 2.27 bits per heavy atom. The van der Waals surface area contributed by atoms with E-state index in [0.29, 0.717) is 19.6 Å². The van der Waals surface area contributed by atoms with Gasteiger partial charge in [0, 0.05) is 11.3 Å². The summed E-state index contributed by atoms with van der Waals surface area (Å²) in [6.45, 7) is 2.78. The lowest BCUT2D eigenvalue weighted by Crippen LogP contribution is -2.19. The van der Waals surface area contributed by atoms with Crippen LogP contribution in [0.25, 0.3) is 0 Å². The van der Waals surface area contributed by atoms with Crippen molar-refractivity contribution in [3.05, 3.63) is 22.4 Å². The second-order valence-corrected chi connectivity index (χ2v) is 3.52. The van der Waals surface area contributed by atoms with Gasteiger partial charge in [-0.15, -0.1) is 0 Å². The molecule has 3 N–H and O–H groups in total. The standard InChI is InChI=1S/C10H12N2O3/c1-5-7-4-15-3-2-6(7)8(10(13)14)9(11)12-5/h2-4H2,1H3,(H2,11,12)(H,13,14). The van der Waals surface area contributed by atoms with Crippen LogP contribution < -0.4 is 5.73 Å². The van der Waals surface area contributed by atoms with E-state index in [-0.39, 0.29) is 11.4 Å². The normalized spacial score (nSPS) is 14.7. The Morgan fingerprint density at radius 1 is 1.53 bits per heavy atom. The number of carboxylic acids is 1. The highest BCUT2D eigenvalue weighted by atomic mass is 16.5. The fraction of sp³-hybridized carbons (Fsp3) is 0.400. The molecule has 15 heavy (non-hydrogen) atoms. The number of nitrogens with two attached hydrogens (primary N) is 1. The molecule has 1 aromatic heterocycles. The lowest BCUT2D eigenvalue weighted by molar-refractivity contribution is 0.0691. The number of rotatable bonds is 1. The Balaban J connectivity index is 2.68. The molecular weight excluding hydrogens is 196 g/mol. The van der Waals surface area contributed by atoms with Crippen LogP contribution in [0.5, 0.6) is 0 Å². The largest absolute Gasteiger partial charge is 0.478 e. The Hall–Kier alpha value is -1.62. The molecule has 1 aliphatic rings. The van der Waals surface area contributed by atoms with Gasteiger partial charge in [-0.1, -0.05) is 0 Å². The molecule has 5 heteroatoms. The Morgan fingerprint density at radius 3 is 2.93 bits per heavy atom. The molecule has 0 unspecified atom stereocenters. The molecule has 80 valence electrons. The average molecular weight is 208 g/mol. The van der Waals surface area contributed by atoms with Gasteiger partial charge in [-0.2, -0.15) is 0 Å². The third-order valence-corrected chi connectivity index (χ3v) is 2.60. The second-order valence-electron chi connectivity index (χ2n) is 3.52. The molecular formula is C10H12N2O3. The summed E-state index contributed by atoms with van der Waals surface area (Å²) in [5, 5.41) is 9.05. The molecule has 0 saturated carbocycles. The van der Waals surface area contributed by atoms with Crippen molar-refractivity contribution < 1.29 is 14.6 Å². The predicted molar refractivity (Wildman–Crippen MR) is 53.7 cm³/mol. The average Bonchev–Trinajstić information content (AvgIpc) is 2.17. The van der Waals surface area contributed by atoms with Gasteiger partial charge in [0.1, 0.15) is 11.4 Å². The number of nitrogens with zero attached hydrogens (tertiary/aromatic N) is 1. The molecule has 0 spiro atoms. The molecule has 1 aliphatic heterocycles. The van der Waals surface area contributed by atoms with Gasteiger partial charge in [-0.25, -0.2) is 9.78 Å². The smallest absolute Gasteiger partial charge is 0.339 e. The zero-order valence-electron chi connectivity index (χ0n) is 8.41. The van der Waals surface area contributed by atoms with E-state index in [1.54, 1.807) is 0 Å². The summed E-state index contributed by atoms with van der Waals surface area (Å²) in [7, 11) is 0. The van der Waals surface area contributed by atoms with E-state index in [4.69, 9.17) is 15.6 Å². The number of fused-ring (bicyclic) bond motifs is 1. The van der Waals surface area contributed by atoms with Crippen LogP contribution in [-0.4, -0.2) is 22.7 Å². The van der Waals surface area contributed by atoms with Crippen molar-refractivity contribution in [1.29, 1.82) is 0 Å². The number of aromatic carboxylic acids is 1. The van der Waals surface area contributed by atoms with E-state index in [0.717, 1.165) is 16.8 Å². The lowest BCUT2D eigenvalue weighted by Gasteiger charge is -2.20. The number of nitrogen functional groups attached to an aromatic ring is 1. The van der Waals surface area contributed by atoms with Crippen LogP contribution in [0, 0.1) is 6.92 Å². The first-order valence-electron chi connectivity index (χ1n) is 4.70. The number of hydrogen-bond donors (Lipinski definition) is 2. The van der Waals surface area contributed by atoms with Gasteiger partial charge in [0.15, 0.2) is 0 Å². The number of aromatic nitrogens is 1. The molecule has 5 nitrogen and oxygen atoms in total. The van der Waals surface area contributed by atoms with Gasteiger partial charge >= 0.3 is 5.97 Å². The van der Waals surface area contributed by atoms with Crippen LogP contribution in [0.4, 0.5) is 5.82 Å². The van der Waals surface area contributed by atoms with Gasteiger partial charge in [-0.3, -0.25) is 0 Å². The van der Waals surface area contributed by atoms with Crippen molar-refractivity contribution in [3.63, 3.8) is 0 Å². The molecule has 0 aliphatic carbocycles. The first-order chi connectivity index (χ1) is 7.11. The van der Waals surface area contributed by atoms with E-state index >= 15 is 0 Å². The maximum absolute atomic E-state index is 11.0. The highest BCUT2D eigenvalue weighted by molar-refractivity contribution is 5.94. The lowest BCUT2D eigenvalue weighted by atomic mass is 9.97. The molecule has 2 rings (SSSR count). The Bertz CT molecular complexity index is 429. The van der Waals surface area contributed by atoms with Crippen LogP contribution in [0.2, 0.25) is 0 Å². The minimum atomic E-state index is -1.02. The maximum Gasteiger partial charge on any atom is 0.339 e. The number of pyridine rings is 1. The molecule has 0 fully saturated rings. The summed E-state index contributed by atoms with van der Waals surface area (Å²) >= 11 is 0. The maximum atomic E-state index is 11.0. The van der Waals surface area contributed by atoms with E-state index in [9.17, 15) is 4.79 Å². The van der Waals surface area contributed by atoms with Crippen molar-refractivity contribution in [2.75, 3.05) is 12.3 Å². The van der Waals surface area contributed by atoms with Crippen molar-refractivity contribution in [3.8, 4) is 0 Å². The fourth-order valence-corrected chi connectivity index (χ4v) is 1.88. The molecule has 0 bridgehead atoms. The summed E-state index contributed by atoms with van der Waals surface area (Å²) in [6, 6.07) is 0. The third kappa shape index (κ3) is 1.55. The van der Waals surface area contributed by atoms with Gasteiger partial charge in [-0.05, 0) is 18.9 Å². The summed E-state index contributed by atoms with van der Waals surface area (Å²) in [6.07, 6.45) is 0.588. The summed E-state index contributed by atoms with van der Waals surface area (Å²) in [4.78, 5) is 15.1. The molecule has 0 radical (unpaired) electrons. The second kappa shape index (κ2) is 3.51. The van der Waals surface area contributed by atoms with Gasteiger partial charge < -0.3 is 15.6 Å². The number of hydrogen-bond acceptors (Lipinski definition) is 4. The number of ether oxygens (including phenoxy) is 1. The summed E-state index contributed by atoms with van der Waals surface area (Å²) < 4.78 is 5.28. The SMILES string of the molecule is Cc1nc(N)c(C(=O)O)c2c1COCC2. The van der Waals surface area contributed by atoms with Gasteiger partial charge in [0.25, 0.3) is 0 Å². The summed E-state index contributed by atoms with van der Waals surface area (Å²) in [5.74, 6) is -0.918. The highest BCUT2D eigenvalue weighted by Gasteiger charge is 2.23. The molecule has 1 aromatic rings. The van der Waals surface area contributed by atoms with Crippen LogP contribution >= 0.6 is 0 Å². The highest BCUT2D eigenvalue weighted by Crippen LogP contribution is 2.26. The number of carbonyl (C=O) groups is 1. The minimum Gasteiger partial charge on any atom is -0.478 e.